The molecule has 0 aliphatic carbocycles. The van der Waals surface area contributed by atoms with Crippen LogP contribution in [0.25, 0.3) is 0 Å². The van der Waals surface area contributed by atoms with E-state index < -0.39 is 6.10 Å². The summed E-state index contributed by atoms with van der Waals surface area (Å²) >= 11 is 3.40. The van der Waals surface area contributed by atoms with Crippen molar-refractivity contribution in [3.05, 3.63) is 52.1 Å². The van der Waals surface area contributed by atoms with Gasteiger partial charge in [-0.25, -0.2) is 4.98 Å². The van der Waals surface area contributed by atoms with Crippen LogP contribution in [0.2, 0.25) is 0 Å². The fraction of sp³-hybridized carbons (Fsp3) is 0.308. The molecule has 2 rings (SSSR count). The number of aliphatic hydroxyl groups excluding tert-OH is 1. The molecule has 1 aromatic heterocycles. The summed E-state index contributed by atoms with van der Waals surface area (Å²) in [5, 5.41) is 9.24. The Labute approximate surface area is 109 Å². The fourth-order valence-corrected chi connectivity index (χ4v) is 1.86. The Bertz CT molecular complexity index is 476. The molecule has 2 aromatic rings. The molecule has 1 heterocycles. The first kappa shape index (κ1) is 12.3. The molecule has 17 heavy (non-hydrogen) atoms. The number of aromatic nitrogens is 1. The van der Waals surface area contributed by atoms with Crippen LogP contribution in [0.15, 0.2) is 39.4 Å². The van der Waals surface area contributed by atoms with Crippen molar-refractivity contribution in [2.24, 2.45) is 0 Å². The van der Waals surface area contributed by atoms with E-state index in [1.54, 1.807) is 13.1 Å². The SMILES string of the molecule is CC(O)Cc1cnc(Cc2ccc(Br)cc2)o1. The quantitative estimate of drug-likeness (QED) is 0.943. The second-order valence-corrected chi connectivity index (χ2v) is 4.99. The van der Waals surface area contributed by atoms with E-state index in [0.29, 0.717) is 18.7 Å². The summed E-state index contributed by atoms with van der Waals surface area (Å²) in [6.07, 6.45) is 2.46. The Kier molecular flexibility index (Phi) is 3.97. The molecule has 0 spiro atoms. The van der Waals surface area contributed by atoms with Gasteiger partial charge in [-0.2, -0.15) is 0 Å². The molecule has 3 nitrogen and oxygen atoms in total. The lowest BCUT2D eigenvalue weighted by atomic mass is 10.1. The fourth-order valence-electron chi connectivity index (χ4n) is 1.59. The Hall–Kier alpha value is -1.13. The minimum atomic E-state index is -0.400. The van der Waals surface area contributed by atoms with Crippen LogP contribution in [-0.4, -0.2) is 16.2 Å². The minimum Gasteiger partial charge on any atom is -0.445 e. The van der Waals surface area contributed by atoms with Gasteiger partial charge in [0.05, 0.1) is 12.3 Å². The van der Waals surface area contributed by atoms with Gasteiger partial charge >= 0.3 is 0 Å². The van der Waals surface area contributed by atoms with E-state index in [-0.39, 0.29) is 0 Å². The Morgan fingerprint density at radius 3 is 2.71 bits per heavy atom. The standard InChI is InChI=1S/C13H14BrNO2/c1-9(16)6-12-8-15-13(17-12)7-10-2-4-11(14)5-3-10/h2-5,8-9,16H,6-7H2,1H3. The van der Waals surface area contributed by atoms with Crippen molar-refractivity contribution in [1.29, 1.82) is 0 Å². The van der Waals surface area contributed by atoms with Crippen LogP contribution in [0.5, 0.6) is 0 Å². The molecule has 0 bridgehead atoms. The van der Waals surface area contributed by atoms with Gasteiger partial charge in [0.1, 0.15) is 5.76 Å². The molecule has 0 saturated heterocycles. The van der Waals surface area contributed by atoms with Gasteiger partial charge in [0.15, 0.2) is 5.89 Å². The van der Waals surface area contributed by atoms with Crippen LogP contribution in [0.1, 0.15) is 24.1 Å². The second kappa shape index (κ2) is 5.47. The van der Waals surface area contributed by atoms with E-state index in [9.17, 15) is 5.11 Å². The van der Waals surface area contributed by atoms with E-state index in [2.05, 4.69) is 20.9 Å². The van der Waals surface area contributed by atoms with Gasteiger partial charge < -0.3 is 9.52 Å². The normalized spacial score (nSPS) is 12.6. The molecular weight excluding hydrogens is 282 g/mol. The number of oxazole rings is 1. The Morgan fingerprint density at radius 1 is 1.35 bits per heavy atom. The van der Waals surface area contributed by atoms with Crippen molar-refractivity contribution >= 4 is 15.9 Å². The lowest BCUT2D eigenvalue weighted by Gasteiger charge is -1.99. The maximum Gasteiger partial charge on any atom is 0.198 e. The number of benzene rings is 1. The number of aliphatic hydroxyl groups is 1. The summed E-state index contributed by atoms with van der Waals surface area (Å²) < 4.78 is 6.60. The molecule has 0 fully saturated rings. The van der Waals surface area contributed by atoms with E-state index in [0.717, 1.165) is 15.8 Å². The third-order valence-corrected chi connectivity index (χ3v) is 2.90. The van der Waals surface area contributed by atoms with Crippen LogP contribution in [0.4, 0.5) is 0 Å². The topological polar surface area (TPSA) is 46.3 Å². The molecular formula is C13H14BrNO2. The first-order valence-electron chi connectivity index (χ1n) is 5.49. The number of halogens is 1. The summed E-state index contributed by atoms with van der Waals surface area (Å²) in [5.74, 6) is 1.41. The van der Waals surface area contributed by atoms with Crippen LogP contribution in [-0.2, 0) is 12.8 Å². The lowest BCUT2D eigenvalue weighted by molar-refractivity contribution is 0.186. The minimum absolute atomic E-state index is 0.400. The molecule has 0 radical (unpaired) electrons. The summed E-state index contributed by atoms with van der Waals surface area (Å²) in [6, 6.07) is 8.05. The van der Waals surface area contributed by atoms with Gasteiger partial charge in [0.25, 0.3) is 0 Å². The first-order chi connectivity index (χ1) is 8.13. The third-order valence-electron chi connectivity index (χ3n) is 2.37. The Morgan fingerprint density at radius 2 is 2.06 bits per heavy atom. The zero-order valence-corrected chi connectivity index (χ0v) is 11.1. The predicted molar refractivity (Wildman–Crippen MR) is 68.8 cm³/mol. The van der Waals surface area contributed by atoms with Crippen LogP contribution in [0.3, 0.4) is 0 Å². The van der Waals surface area contributed by atoms with E-state index >= 15 is 0 Å². The van der Waals surface area contributed by atoms with Crippen molar-refractivity contribution in [3.8, 4) is 0 Å². The van der Waals surface area contributed by atoms with Crippen molar-refractivity contribution in [3.63, 3.8) is 0 Å². The van der Waals surface area contributed by atoms with Gasteiger partial charge in [0.2, 0.25) is 0 Å². The smallest absolute Gasteiger partial charge is 0.198 e. The molecule has 0 amide bonds. The molecule has 4 heteroatoms. The predicted octanol–water partition coefficient (Wildman–Crippen LogP) is 2.95. The van der Waals surface area contributed by atoms with Gasteiger partial charge in [-0.15, -0.1) is 0 Å². The largest absolute Gasteiger partial charge is 0.445 e. The molecule has 0 aliphatic heterocycles. The molecule has 90 valence electrons. The van der Waals surface area contributed by atoms with Gasteiger partial charge in [0, 0.05) is 17.3 Å². The molecule has 1 unspecified atom stereocenters. The molecule has 1 aromatic carbocycles. The molecule has 0 aliphatic rings. The summed E-state index contributed by atoms with van der Waals surface area (Å²) in [7, 11) is 0. The number of rotatable bonds is 4. The highest BCUT2D eigenvalue weighted by molar-refractivity contribution is 9.10. The summed E-state index contributed by atoms with van der Waals surface area (Å²) in [5.41, 5.74) is 1.15. The van der Waals surface area contributed by atoms with Crippen LogP contribution < -0.4 is 0 Å². The van der Waals surface area contributed by atoms with Crippen LogP contribution in [0, 0.1) is 0 Å². The highest BCUT2D eigenvalue weighted by Gasteiger charge is 2.07. The zero-order chi connectivity index (χ0) is 12.3. The maximum absolute atomic E-state index is 9.24. The average Bonchev–Trinajstić information content (AvgIpc) is 2.68. The average molecular weight is 296 g/mol. The monoisotopic (exact) mass is 295 g/mol. The first-order valence-corrected chi connectivity index (χ1v) is 6.29. The highest BCUT2D eigenvalue weighted by atomic mass is 79.9. The molecule has 0 saturated carbocycles. The van der Waals surface area contributed by atoms with Crippen LogP contribution >= 0.6 is 15.9 Å². The van der Waals surface area contributed by atoms with E-state index in [4.69, 9.17) is 4.42 Å². The number of nitrogens with zero attached hydrogens (tertiary/aromatic N) is 1. The zero-order valence-electron chi connectivity index (χ0n) is 9.56. The summed E-state index contributed by atoms with van der Waals surface area (Å²) in [6.45, 7) is 1.73. The molecule has 1 N–H and O–H groups in total. The number of hydrogen-bond acceptors (Lipinski definition) is 3. The van der Waals surface area contributed by atoms with Crippen molar-refractivity contribution in [1.82, 2.24) is 4.98 Å². The van der Waals surface area contributed by atoms with Crippen molar-refractivity contribution in [2.45, 2.75) is 25.9 Å². The second-order valence-electron chi connectivity index (χ2n) is 4.08. The maximum atomic E-state index is 9.24. The van der Waals surface area contributed by atoms with E-state index in [1.807, 2.05) is 24.3 Å². The Balaban J connectivity index is 2.03. The van der Waals surface area contributed by atoms with Gasteiger partial charge in [-0.1, -0.05) is 28.1 Å². The van der Waals surface area contributed by atoms with E-state index in [1.165, 1.54) is 0 Å². The van der Waals surface area contributed by atoms with Crippen molar-refractivity contribution < 1.29 is 9.52 Å². The van der Waals surface area contributed by atoms with Crippen molar-refractivity contribution in [2.75, 3.05) is 0 Å². The van der Waals surface area contributed by atoms with Gasteiger partial charge in [-0.3, -0.25) is 0 Å². The highest BCUT2D eigenvalue weighted by Crippen LogP contribution is 2.15. The third kappa shape index (κ3) is 3.68. The molecule has 1 atom stereocenters. The van der Waals surface area contributed by atoms with Gasteiger partial charge in [-0.05, 0) is 24.6 Å². The lowest BCUT2D eigenvalue weighted by Crippen LogP contribution is -2.02. The summed E-state index contributed by atoms with van der Waals surface area (Å²) in [4.78, 5) is 4.20. The number of hydrogen-bond donors (Lipinski definition) is 1.